The highest BCUT2D eigenvalue weighted by molar-refractivity contribution is 5.93. The van der Waals surface area contributed by atoms with E-state index in [1.54, 1.807) is 0 Å². The number of nitrogen functional groups attached to an aromatic ring is 1. The summed E-state index contributed by atoms with van der Waals surface area (Å²) in [4.78, 5) is 12.0. The molecule has 0 atom stereocenters. The average Bonchev–Trinajstić information content (AvgIpc) is 2.19. The number of carbonyl (C=O) groups excluding carboxylic acids is 1. The van der Waals surface area contributed by atoms with Gasteiger partial charge >= 0.3 is 0 Å². The third-order valence-electron chi connectivity index (χ3n) is 2.99. The summed E-state index contributed by atoms with van der Waals surface area (Å²) in [6, 6.07) is 2.01. The Morgan fingerprint density at radius 1 is 1.22 bits per heavy atom. The van der Waals surface area contributed by atoms with Crippen LogP contribution >= 0.6 is 0 Å². The van der Waals surface area contributed by atoms with Crippen molar-refractivity contribution < 1.29 is 4.79 Å². The predicted octanol–water partition coefficient (Wildman–Crippen LogP) is 3.57. The average molecular weight is 248 g/mol. The maximum absolute atomic E-state index is 12.0. The molecule has 0 radical (unpaired) electrons. The van der Waals surface area contributed by atoms with Crippen LogP contribution in [-0.2, 0) is 4.79 Å². The van der Waals surface area contributed by atoms with E-state index in [0.29, 0.717) is 6.42 Å². The number of carbonyl (C=O) groups is 1. The van der Waals surface area contributed by atoms with Gasteiger partial charge in [-0.1, -0.05) is 26.8 Å². The first-order chi connectivity index (χ1) is 8.11. The lowest BCUT2D eigenvalue weighted by Gasteiger charge is -2.20. The lowest BCUT2D eigenvalue weighted by atomic mass is 9.91. The Morgan fingerprint density at radius 3 is 2.28 bits per heavy atom. The van der Waals surface area contributed by atoms with Crippen molar-refractivity contribution in [3.63, 3.8) is 0 Å². The van der Waals surface area contributed by atoms with Gasteiger partial charge in [-0.05, 0) is 42.9 Å². The molecule has 1 aromatic rings. The van der Waals surface area contributed by atoms with Crippen LogP contribution in [0.4, 0.5) is 11.4 Å². The second-order valence-electron chi connectivity index (χ2n) is 6.21. The number of benzene rings is 1. The molecule has 0 aliphatic rings. The molecule has 0 aliphatic heterocycles. The predicted molar refractivity (Wildman–Crippen MR) is 77.8 cm³/mol. The zero-order chi connectivity index (χ0) is 14.1. The van der Waals surface area contributed by atoms with Crippen LogP contribution in [0.2, 0.25) is 0 Å². The van der Waals surface area contributed by atoms with Crippen LogP contribution in [0, 0.1) is 26.2 Å². The van der Waals surface area contributed by atoms with E-state index < -0.39 is 0 Å². The molecule has 1 rings (SSSR count). The van der Waals surface area contributed by atoms with Crippen molar-refractivity contribution in [3.8, 4) is 0 Å². The van der Waals surface area contributed by atoms with Gasteiger partial charge in [-0.15, -0.1) is 0 Å². The fourth-order valence-corrected chi connectivity index (χ4v) is 2.06. The normalized spacial score (nSPS) is 11.4. The highest BCUT2D eigenvalue weighted by Gasteiger charge is 2.18. The fraction of sp³-hybridized carbons (Fsp3) is 0.533. The number of amides is 1. The van der Waals surface area contributed by atoms with Crippen LogP contribution in [0.3, 0.4) is 0 Å². The van der Waals surface area contributed by atoms with Gasteiger partial charge in [-0.2, -0.15) is 0 Å². The molecule has 3 heteroatoms. The van der Waals surface area contributed by atoms with Crippen LogP contribution < -0.4 is 11.1 Å². The minimum atomic E-state index is -0.0118. The van der Waals surface area contributed by atoms with E-state index in [0.717, 1.165) is 28.1 Å². The molecule has 1 amide bonds. The van der Waals surface area contributed by atoms with Gasteiger partial charge in [0.2, 0.25) is 5.91 Å². The van der Waals surface area contributed by atoms with E-state index in [4.69, 9.17) is 5.73 Å². The summed E-state index contributed by atoms with van der Waals surface area (Å²) in [5.41, 5.74) is 10.7. The Morgan fingerprint density at radius 2 is 1.78 bits per heavy atom. The van der Waals surface area contributed by atoms with E-state index in [9.17, 15) is 4.79 Å². The Bertz CT molecular complexity index is 470. The molecule has 0 bridgehead atoms. The summed E-state index contributed by atoms with van der Waals surface area (Å²) in [5.74, 6) is 0.0388. The second-order valence-corrected chi connectivity index (χ2v) is 6.21. The maximum atomic E-state index is 12.0. The fourth-order valence-electron chi connectivity index (χ4n) is 2.06. The van der Waals surface area contributed by atoms with E-state index in [-0.39, 0.29) is 11.3 Å². The Kier molecular flexibility index (Phi) is 4.05. The molecule has 0 unspecified atom stereocenters. The smallest absolute Gasteiger partial charge is 0.224 e. The Balaban J connectivity index is 2.99. The number of anilines is 2. The maximum Gasteiger partial charge on any atom is 0.224 e. The lowest BCUT2D eigenvalue weighted by Crippen LogP contribution is -2.21. The van der Waals surface area contributed by atoms with Crippen LogP contribution in [0.15, 0.2) is 6.07 Å². The molecule has 0 saturated heterocycles. The summed E-state index contributed by atoms with van der Waals surface area (Å²) in [7, 11) is 0. The molecule has 0 saturated carbocycles. The minimum absolute atomic E-state index is 0.0118. The monoisotopic (exact) mass is 248 g/mol. The molecule has 0 aliphatic carbocycles. The van der Waals surface area contributed by atoms with Crippen molar-refractivity contribution >= 4 is 17.3 Å². The van der Waals surface area contributed by atoms with Gasteiger partial charge in [0.1, 0.15) is 0 Å². The summed E-state index contributed by atoms with van der Waals surface area (Å²) in [6.07, 6.45) is 0.500. The van der Waals surface area contributed by atoms with Crippen molar-refractivity contribution in [1.29, 1.82) is 0 Å². The zero-order valence-electron chi connectivity index (χ0n) is 12.3. The Labute approximate surface area is 110 Å². The molecular weight excluding hydrogens is 224 g/mol. The zero-order valence-corrected chi connectivity index (χ0v) is 12.3. The van der Waals surface area contributed by atoms with Crippen molar-refractivity contribution in [2.75, 3.05) is 11.1 Å². The third kappa shape index (κ3) is 3.49. The van der Waals surface area contributed by atoms with Crippen molar-refractivity contribution in [2.45, 2.75) is 48.0 Å². The number of hydrogen-bond donors (Lipinski definition) is 2. The third-order valence-corrected chi connectivity index (χ3v) is 2.99. The van der Waals surface area contributed by atoms with Crippen molar-refractivity contribution in [2.24, 2.45) is 5.41 Å². The van der Waals surface area contributed by atoms with Gasteiger partial charge in [0, 0.05) is 17.8 Å². The summed E-state index contributed by atoms with van der Waals surface area (Å²) < 4.78 is 0. The van der Waals surface area contributed by atoms with Gasteiger partial charge in [-0.3, -0.25) is 4.79 Å². The van der Waals surface area contributed by atoms with E-state index >= 15 is 0 Å². The molecule has 0 aromatic heterocycles. The molecule has 3 nitrogen and oxygen atoms in total. The number of aryl methyl sites for hydroxylation is 2. The van der Waals surface area contributed by atoms with Gasteiger partial charge < -0.3 is 11.1 Å². The number of hydrogen-bond acceptors (Lipinski definition) is 2. The molecule has 1 aromatic carbocycles. The van der Waals surface area contributed by atoms with E-state index in [1.165, 1.54) is 0 Å². The summed E-state index contributed by atoms with van der Waals surface area (Å²) >= 11 is 0. The molecule has 0 fully saturated rings. The molecule has 18 heavy (non-hydrogen) atoms. The molecule has 0 spiro atoms. The second kappa shape index (κ2) is 5.01. The van der Waals surface area contributed by atoms with Gasteiger partial charge in [0.05, 0.1) is 0 Å². The van der Waals surface area contributed by atoms with Gasteiger partial charge in [0.25, 0.3) is 0 Å². The molecule has 100 valence electrons. The first kappa shape index (κ1) is 14.6. The van der Waals surface area contributed by atoms with Crippen LogP contribution in [-0.4, -0.2) is 5.91 Å². The van der Waals surface area contributed by atoms with Crippen LogP contribution in [0.25, 0.3) is 0 Å². The summed E-state index contributed by atoms with van der Waals surface area (Å²) in [5, 5.41) is 2.98. The van der Waals surface area contributed by atoms with Crippen molar-refractivity contribution in [3.05, 3.63) is 22.8 Å². The largest absolute Gasteiger partial charge is 0.398 e. The topological polar surface area (TPSA) is 55.1 Å². The minimum Gasteiger partial charge on any atom is -0.398 e. The lowest BCUT2D eigenvalue weighted by molar-refractivity contribution is -0.117. The highest BCUT2D eigenvalue weighted by Crippen LogP contribution is 2.29. The summed E-state index contributed by atoms with van der Waals surface area (Å²) in [6.45, 7) is 12.1. The van der Waals surface area contributed by atoms with Crippen molar-refractivity contribution in [1.82, 2.24) is 0 Å². The quantitative estimate of drug-likeness (QED) is 0.786. The SMILES string of the molecule is Cc1cc(C)c(NC(=O)CC(C)(C)C)c(C)c1N. The van der Waals surface area contributed by atoms with E-state index in [2.05, 4.69) is 26.1 Å². The number of nitrogens with two attached hydrogens (primary N) is 1. The van der Waals surface area contributed by atoms with E-state index in [1.807, 2.05) is 26.8 Å². The Hall–Kier alpha value is -1.51. The highest BCUT2D eigenvalue weighted by atomic mass is 16.1. The van der Waals surface area contributed by atoms with Gasteiger partial charge in [-0.25, -0.2) is 0 Å². The molecular formula is C15H24N2O. The first-order valence-electron chi connectivity index (χ1n) is 6.28. The molecule has 0 heterocycles. The van der Waals surface area contributed by atoms with Crippen LogP contribution in [0.5, 0.6) is 0 Å². The van der Waals surface area contributed by atoms with Crippen LogP contribution in [0.1, 0.15) is 43.9 Å². The standard InChI is InChI=1S/C15H24N2O/c1-9-7-10(2)14(11(3)13(9)16)17-12(18)8-15(4,5)6/h7H,8,16H2,1-6H3,(H,17,18). The van der Waals surface area contributed by atoms with Gasteiger partial charge in [0.15, 0.2) is 0 Å². The molecule has 3 N–H and O–H groups in total. The number of rotatable bonds is 2. The number of nitrogens with one attached hydrogen (secondary N) is 1. The first-order valence-corrected chi connectivity index (χ1v) is 6.28.